The van der Waals surface area contributed by atoms with Crippen LogP contribution in [-0.2, 0) is 6.54 Å². The molecule has 0 saturated carbocycles. The molecule has 3 nitrogen and oxygen atoms in total. The first-order valence-corrected chi connectivity index (χ1v) is 5.26. The van der Waals surface area contributed by atoms with Gasteiger partial charge in [-0.3, -0.25) is 4.98 Å². The number of hydrogen-bond acceptors (Lipinski definition) is 2. The number of furan rings is 1. The van der Waals surface area contributed by atoms with Gasteiger partial charge in [0.05, 0.1) is 18.3 Å². The maximum atomic E-state index is 5.45. The highest BCUT2D eigenvalue weighted by Gasteiger charge is 2.03. The second-order valence-corrected chi connectivity index (χ2v) is 3.97. The van der Waals surface area contributed by atoms with E-state index in [1.54, 1.807) is 6.26 Å². The first kappa shape index (κ1) is 9.21. The van der Waals surface area contributed by atoms with Crippen LogP contribution in [0.3, 0.4) is 0 Å². The maximum absolute atomic E-state index is 5.45. The van der Waals surface area contributed by atoms with Gasteiger partial charge in [0.25, 0.3) is 0 Å². The first-order valence-electron chi connectivity index (χ1n) is 5.26. The summed E-state index contributed by atoms with van der Waals surface area (Å²) in [4.78, 5) is 4.10. The summed E-state index contributed by atoms with van der Waals surface area (Å²) in [7, 11) is 0. The van der Waals surface area contributed by atoms with Crippen molar-refractivity contribution in [2.45, 2.75) is 13.5 Å². The fraction of sp³-hybridized carbons (Fsp3) is 0.154. The van der Waals surface area contributed by atoms with Crippen LogP contribution < -0.4 is 0 Å². The summed E-state index contributed by atoms with van der Waals surface area (Å²) in [5.41, 5.74) is 2.34. The Bertz CT molecular complexity index is 621. The molecule has 3 aromatic rings. The molecule has 0 aromatic carbocycles. The Morgan fingerprint density at radius 1 is 1.38 bits per heavy atom. The molecule has 0 atom stereocenters. The Hall–Kier alpha value is -2.03. The highest BCUT2D eigenvalue weighted by atomic mass is 16.3. The van der Waals surface area contributed by atoms with Crippen molar-refractivity contribution in [1.82, 2.24) is 9.55 Å². The normalized spacial score (nSPS) is 11.1. The van der Waals surface area contributed by atoms with Gasteiger partial charge in [-0.05, 0) is 30.7 Å². The molecule has 0 radical (unpaired) electrons. The average Bonchev–Trinajstić information content (AvgIpc) is 2.87. The number of rotatable bonds is 2. The van der Waals surface area contributed by atoms with E-state index < -0.39 is 0 Å². The smallest absolute Gasteiger partial charge is 0.123 e. The molecule has 0 aliphatic heterocycles. The molecule has 0 N–H and O–H groups in total. The van der Waals surface area contributed by atoms with Gasteiger partial charge >= 0.3 is 0 Å². The third-order valence-electron chi connectivity index (χ3n) is 2.68. The molecular formula is C13H12N2O. The number of pyridine rings is 1. The lowest BCUT2D eigenvalue weighted by atomic mass is 10.3. The molecule has 0 bridgehead atoms. The second-order valence-electron chi connectivity index (χ2n) is 3.97. The number of hydrogen-bond donors (Lipinski definition) is 0. The van der Waals surface area contributed by atoms with Gasteiger partial charge in [0.2, 0.25) is 0 Å². The van der Waals surface area contributed by atoms with Gasteiger partial charge in [0.1, 0.15) is 5.76 Å². The Balaban J connectivity index is 2.00. The van der Waals surface area contributed by atoms with E-state index in [-0.39, 0.29) is 0 Å². The van der Waals surface area contributed by atoms with E-state index in [0.717, 1.165) is 23.3 Å². The minimum Gasteiger partial charge on any atom is -0.467 e. The SMILES string of the molecule is Cc1coc(Cn2ccc3cnccc32)c1. The van der Waals surface area contributed by atoms with Gasteiger partial charge in [0, 0.05) is 24.0 Å². The zero-order chi connectivity index (χ0) is 11.0. The minimum atomic E-state index is 0.765. The Morgan fingerprint density at radius 2 is 2.31 bits per heavy atom. The van der Waals surface area contributed by atoms with E-state index in [2.05, 4.69) is 27.9 Å². The van der Waals surface area contributed by atoms with Gasteiger partial charge in [-0.2, -0.15) is 0 Å². The van der Waals surface area contributed by atoms with Crippen molar-refractivity contribution >= 4 is 10.9 Å². The molecule has 0 aliphatic carbocycles. The molecule has 3 rings (SSSR count). The van der Waals surface area contributed by atoms with E-state index in [9.17, 15) is 0 Å². The highest BCUT2D eigenvalue weighted by Crippen LogP contribution is 2.16. The summed E-state index contributed by atoms with van der Waals surface area (Å²) >= 11 is 0. The maximum Gasteiger partial charge on any atom is 0.123 e. The predicted molar refractivity (Wildman–Crippen MR) is 62.3 cm³/mol. The zero-order valence-electron chi connectivity index (χ0n) is 9.05. The van der Waals surface area contributed by atoms with Crippen LogP contribution in [0.15, 0.2) is 47.5 Å². The van der Waals surface area contributed by atoms with E-state index in [0.29, 0.717) is 0 Å². The summed E-state index contributed by atoms with van der Waals surface area (Å²) in [6.07, 6.45) is 7.53. The summed E-state index contributed by atoms with van der Waals surface area (Å²) in [6, 6.07) is 6.15. The quantitative estimate of drug-likeness (QED) is 0.653. The molecule has 3 aromatic heterocycles. The van der Waals surface area contributed by atoms with Crippen LogP contribution in [0.1, 0.15) is 11.3 Å². The van der Waals surface area contributed by atoms with Crippen molar-refractivity contribution in [3.05, 3.63) is 54.4 Å². The lowest BCUT2D eigenvalue weighted by Crippen LogP contribution is -1.95. The van der Waals surface area contributed by atoms with Crippen molar-refractivity contribution in [3.8, 4) is 0 Å². The van der Waals surface area contributed by atoms with Gasteiger partial charge in [0.15, 0.2) is 0 Å². The topological polar surface area (TPSA) is 31.0 Å². The monoisotopic (exact) mass is 212 g/mol. The zero-order valence-corrected chi connectivity index (χ0v) is 9.05. The van der Waals surface area contributed by atoms with Crippen LogP contribution >= 0.6 is 0 Å². The largest absolute Gasteiger partial charge is 0.467 e. The standard InChI is InChI=1S/C13H12N2O/c1-10-6-12(16-9-10)8-15-5-3-11-7-14-4-2-13(11)15/h2-7,9H,8H2,1H3. The van der Waals surface area contributed by atoms with Crippen LogP contribution in [0.4, 0.5) is 0 Å². The van der Waals surface area contributed by atoms with Gasteiger partial charge in [-0.1, -0.05) is 0 Å². The lowest BCUT2D eigenvalue weighted by Gasteiger charge is -2.01. The van der Waals surface area contributed by atoms with E-state index in [1.807, 2.05) is 25.4 Å². The number of fused-ring (bicyclic) bond motifs is 1. The third kappa shape index (κ3) is 1.50. The Labute approximate surface area is 93.3 Å². The first-order chi connectivity index (χ1) is 7.83. The summed E-state index contributed by atoms with van der Waals surface area (Å²) in [6.45, 7) is 2.80. The number of nitrogens with zero attached hydrogens (tertiary/aromatic N) is 2. The Morgan fingerprint density at radius 3 is 3.12 bits per heavy atom. The van der Waals surface area contributed by atoms with Crippen molar-refractivity contribution in [1.29, 1.82) is 0 Å². The van der Waals surface area contributed by atoms with Crippen molar-refractivity contribution < 1.29 is 4.42 Å². The van der Waals surface area contributed by atoms with Gasteiger partial charge in [-0.15, -0.1) is 0 Å². The summed E-state index contributed by atoms with van der Waals surface area (Å²) in [5.74, 6) is 0.979. The van der Waals surface area contributed by atoms with Crippen LogP contribution in [0, 0.1) is 6.92 Å². The fourth-order valence-corrected chi connectivity index (χ4v) is 1.92. The highest BCUT2D eigenvalue weighted by molar-refractivity contribution is 5.78. The molecule has 0 spiro atoms. The van der Waals surface area contributed by atoms with E-state index in [4.69, 9.17) is 4.42 Å². The van der Waals surface area contributed by atoms with Crippen LogP contribution in [-0.4, -0.2) is 9.55 Å². The van der Waals surface area contributed by atoms with Crippen LogP contribution in [0.25, 0.3) is 10.9 Å². The molecular weight excluding hydrogens is 200 g/mol. The fourth-order valence-electron chi connectivity index (χ4n) is 1.92. The van der Waals surface area contributed by atoms with Gasteiger partial charge < -0.3 is 8.98 Å². The van der Waals surface area contributed by atoms with Crippen LogP contribution in [0.5, 0.6) is 0 Å². The van der Waals surface area contributed by atoms with Crippen molar-refractivity contribution in [2.75, 3.05) is 0 Å². The third-order valence-corrected chi connectivity index (χ3v) is 2.68. The molecule has 16 heavy (non-hydrogen) atoms. The predicted octanol–water partition coefficient (Wildman–Crippen LogP) is 2.99. The van der Waals surface area contributed by atoms with Crippen LogP contribution in [0.2, 0.25) is 0 Å². The lowest BCUT2D eigenvalue weighted by molar-refractivity contribution is 0.496. The van der Waals surface area contributed by atoms with E-state index in [1.165, 1.54) is 5.52 Å². The number of aryl methyl sites for hydroxylation is 1. The molecule has 0 aliphatic rings. The van der Waals surface area contributed by atoms with Crippen molar-refractivity contribution in [3.63, 3.8) is 0 Å². The van der Waals surface area contributed by atoms with E-state index >= 15 is 0 Å². The molecule has 3 heteroatoms. The summed E-state index contributed by atoms with van der Waals surface area (Å²) in [5, 5.41) is 1.16. The Kier molecular flexibility index (Phi) is 2.03. The minimum absolute atomic E-state index is 0.765. The second kappa shape index (κ2) is 3.52. The molecule has 0 amide bonds. The number of aromatic nitrogens is 2. The molecule has 80 valence electrons. The van der Waals surface area contributed by atoms with Gasteiger partial charge in [-0.25, -0.2) is 0 Å². The average molecular weight is 212 g/mol. The molecule has 3 heterocycles. The van der Waals surface area contributed by atoms with Crippen molar-refractivity contribution in [2.24, 2.45) is 0 Å². The molecule has 0 fully saturated rings. The summed E-state index contributed by atoms with van der Waals surface area (Å²) < 4.78 is 7.61. The molecule has 0 saturated heterocycles. The molecule has 0 unspecified atom stereocenters.